The Kier molecular flexibility index (Phi) is 6.05. The van der Waals surface area contributed by atoms with Gasteiger partial charge in [-0.1, -0.05) is 12.1 Å². The zero-order chi connectivity index (χ0) is 23.8. The average molecular weight is 468 g/mol. The first kappa shape index (κ1) is 23.3. The van der Waals surface area contributed by atoms with Gasteiger partial charge in [0, 0.05) is 23.9 Å². The Morgan fingerprint density at radius 2 is 1.75 bits per heavy atom. The lowest BCUT2D eigenvalue weighted by Gasteiger charge is -2.16. The Morgan fingerprint density at radius 1 is 1.12 bits per heavy atom. The molecule has 0 aliphatic rings. The van der Waals surface area contributed by atoms with Crippen LogP contribution in [0.2, 0.25) is 0 Å². The molecule has 170 valence electrons. The first-order chi connectivity index (χ1) is 14.8. The molecule has 11 heteroatoms. The zero-order valence-corrected chi connectivity index (χ0v) is 18.1. The van der Waals surface area contributed by atoms with Crippen LogP contribution in [0.4, 0.5) is 13.2 Å². The summed E-state index contributed by atoms with van der Waals surface area (Å²) in [4.78, 5) is 13.0. The fourth-order valence-electron chi connectivity index (χ4n) is 3.34. The van der Waals surface area contributed by atoms with E-state index in [4.69, 9.17) is 0 Å². The lowest BCUT2D eigenvalue weighted by molar-refractivity contribution is -0.274. The van der Waals surface area contributed by atoms with Gasteiger partial charge >= 0.3 is 6.36 Å². The maximum Gasteiger partial charge on any atom is 0.573 e. The van der Waals surface area contributed by atoms with Crippen LogP contribution in [0, 0.1) is 6.92 Å². The highest BCUT2D eigenvalue weighted by atomic mass is 32.2. The third-order valence-electron chi connectivity index (χ3n) is 4.80. The van der Waals surface area contributed by atoms with Gasteiger partial charge in [0.1, 0.15) is 11.3 Å². The normalized spacial score (nSPS) is 12.1. The number of carbonyl (C=O) groups is 1. The molecular formula is C21H19F3N2O5S. The molecule has 0 aliphatic carbocycles. The van der Waals surface area contributed by atoms with Crippen LogP contribution in [0.5, 0.6) is 11.6 Å². The minimum Gasteiger partial charge on any atom is -0.493 e. The van der Waals surface area contributed by atoms with E-state index in [0.717, 1.165) is 18.4 Å². The van der Waals surface area contributed by atoms with Crippen molar-refractivity contribution in [3.63, 3.8) is 0 Å². The van der Waals surface area contributed by atoms with E-state index in [1.165, 1.54) is 42.1 Å². The van der Waals surface area contributed by atoms with E-state index in [1.807, 2.05) is 0 Å². The summed E-state index contributed by atoms with van der Waals surface area (Å²) in [7, 11) is -3.75. The topological polar surface area (TPSA) is 98.5 Å². The number of hydrogen-bond donors (Lipinski definition) is 1. The predicted octanol–water partition coefficient (Wildman–Crippen LogP) is 4.12. The van der Waals surface area contributed by atoms with Gasteiger partial charge in [0.05, 0.1) is 11.1 Å². The number of halogens is 3. The molecule has 3 rings (SSSR count). The van der Waals surface area contributed by atoms with Gasteiger partial charge < -0.3 is 9.84 Å². The SMILES string of the molecule is CCn1ncc(C(=O)c2ccc(S(C)(=O)=O)c(-c3ccc(OC(F)(F)F)cc3)c2C)c1O. The molecule has 1 heterocycles. The quantitative estimate of drug-likeness (QED) is 0.547. The molecule has 3 aromatic rings. The number of aromatic hydroxyl groups is 1. The maximum atomic E-state index is 13.1. The monoisotopic (exact) mass is 468 g/mol. The number of aromatic nitrogens is 2. The molecule has 0 spiro atoms. The number of hydrogen-bond acceptors (Lipinski definition) is 6. The van der Waals surface area contributed by atoms with Crippen molar-refractivity contribution in [3.8, 4) is 22.8 Å². The van der Waals surface area contributed by atoms with E-state index in [0.29, 0.717) is 6.54 Å². The van der Waals surface area contributed by atoms with Gasteiger partial charge in [-0.2, -0.15) is 5.10 Å². The Labute approximate surface area is 182 Å². The third-order valence-corrected chi connectivity index (χ3v) is 5.94. The van der Waals surface area contributed by atoms with Crippen molar-refractivity contribution < 1.29 is 36.2 Å². The second kappa shape index (κ2) is 8.30. The van der Waals surface area contributed by atoms with E-state index in [9.17, 15) is 31.5 Å². The van der Waals surface area contributed by atoms with Crippen molar-refractivity contribution in [2.75, 3.05) is 6.26 Å². The summed E-state index contributed by atoms with van der Waals surface area (Å²) in [6, 6.07) is 7.26. The average Bonchev–Trinajstić information content (AvgIpc) is 3.06. The van der Waals surface area contributed by atoms with Crippen molar-refractivity contribution in [3.05, 3.63) is 59.3 Å². The van der Waals surface area contributed by atoms with E-state index in [2.05, 4.69) is 9.84 Å². The first-order valence-corrected chi connectivity index (χ1v) is 11.2. The summed E-state index contributed by atoms with van der Waals surface area (Å²) in [6.45, 7) is 3.60. The Bertz CT molecular complexity index is 1280. The van der Waals surface area contributed by atoms with Crippen molar-refractivity contribution in [1.82, 2.24) is 9.78 Å². The lowest BCUT2D eigenvalue weighted by atomic mass is 9.93. The standard InChI is InChI=1S/C21H19F3N2O5S/c1-4-26-20(28)16(11-25-26)19(27)15-9-10-17(32(3,29)30)18(12(15)2)13-5-7-14(8-6-13)31-21(22,23)24/h5-11,28H,4H2,1-3H3. The van der Waals surface area contributed by atoms with Crippen molar-refractivity contribution >= 4 is 15.6 Å². The van der Waals surface area contributed by atoms with Crippen LogP contribution in [0.15, 0.2) is 47.5 Å². The van der Waals surface area contributed by atoms with Crippen molar-refractivity contribution in [2.24, 2.45) is 0 Å². The molecule has 0 fully saturated rings. The molecule has 0 saturated heterocycles. The van der Waals surface area contributed by atoms with Crippen LogP contribution in [-0.4, -0.2) is 41.7 Å². The molecule has 7 nitrogen and oxygen atoms in total. The largest absolute Gasteiger partial charge is 0.573 e. The van der Waals surface area contributed by atoms with E-state index in [-0.39, 0.29) is 38.6 Å². The fourth-order valence-corrected chi connectivity index (χ4v) is 4.30. The number of alkyl halides is 3. The molecular weight excluding hydrogens is 449 g/mol. The molecule has 0 amide bonds. The van der Waals surface area contributed by atoms with Gasteiger partial charge in [0.2, 0.25) is 5.88 Å². The predicted molar refractivity (Wildman–Crippen MR) is 109 cm³/mol. The van der Waals surface area contributed by atoms with Gasteiger partial charge in [-0.15, -0.1) is 13.2 Å². The highest BCUT2D eigenvalue weighted by molar-refractivity contribution is 7.90. The highest BCUT2D eigenvalue weighted by Crippen LogP contribution is 2.36. The smallest absolute Gasteiger partial charge is 0.493 e. The van der Waals surface area contributed by atoms with Crippen molar-refractivity contribution in [2.45, 2.75) is 31.7 Å². The molecule has 2 aromatic carbocycles. The van der Waals surface area contributed by atoms with Gasteiger partial charge in [0.25, 0.3) is 0 Å². The number of sulfone groups is 1. The van der Waals surface area contributed by atoms with Crippen LogP contribution in [0.1, 0.15) is 28.4 Å². The molecule has 32 heavy (non-hydrogen) atoms. The van der Waals surface area contributed by atoms with E-state index >= 15 is 0 Å². The Balaban J connectivity index is 2.16. The lowest BCUT2D eigenvalue weighted by Crippen LogP contribution is -2.17. The minimum absolute atomic E-state index is 0.0538. The van der Waals surface area contributed by atoms with Crippen LogP contribution in [0.25, 0.3) is 11.1 Å². The first-order valence-electron chi connectivity index (χ1n) is 9.32. The number of aryl methyl sites for hydroxylation is 1. The number of ether oxygens (including phenoxy) is 1. The molecule has 0 saturated carbocycles. The van der Waals surface area contributed by atoms with E-state index in [1.54, 1.807) is 6.92 Å². The summed E-state index contributed by atoms with van der Waals surface area (Å²) < 4.78 is 67.2. The van der Waals surface area contributed by atoms with E-state index < -0.39 is 27.7 Å². The van der Waals surface area contributed by atoms with Gasteiger partial charge in [0.15, 0.2) is 15.6 Å². The van der Waals surface area contributed by atoms with Crippen LogP contribution in [0.3, 0.4) is 0 Å². The molecule has 0 atom stereocenters. The van der Waals surface area contributed by atoms with Gasteiger partial charge in [-0.3, -0.25) is 4.79 Å². The second-order valence-corrected chi connectivity index (χ2v) is 8.97. The third kappa shape index (κ3) is 4.62. The summed E-state index contributed by atoms with van der Waals surface area (Å²) in [6.07, 6.45) is -2.66. The Hall–Kier alpha value is -3.34. The van der Waals surface area contributed by atoms with Crippen LogP contribution < -0.4 is 4.74 Å². The minimum atomic E-state index is -4.87. The van der Waals surface area contributed by atoms with Crippen LogP contribution in [-0.2, 0) is 16.4 Å². The second-order valence-electron chi connectivity index (χ2n) is 6.98. The number of ketones is 1. The number of benzene rings is 2. The summed E-state index contributed by atoms with van der Waals surface area (Å²) in [5.41, 5.74) is 0.793. The highest BCUT2D eigenvalue weighted by Gasteiger charge is 2.31. The number of nitrogens with zero attached hydrogens (tertiary/aromatic N) is 2. The fraction of sp³-hybridized carbons (Fsp3) is 0.238. The van der Waals surface area contributed by atoms with Gasteiger partial charge in [-0.05, 0) is 49.2 Å². The van der Waals surface area contributed by atoms with Crippen molar-refractivity contribution in [1.29, 1.82) is 0 Å². The zero-order valence-electron chi connectivity index (χ0n) is 17.3. The molecule has 0 radical (unpaired) electrons. The molecule has 0 bridgehead atoms. The number of rotatable bonds is 6. The molecule has 0 aliphatic heterocycles. The Morgan fingerprint density at radius 3 is 2.25 bits per heavy atom. The molecule has 0 unspecified atom stereocenters. The molecule has 1 aromatic heterocycles. The summed E-state index contributed by atoms with van der Waals surface area (Å²) in [5, 5.41) is 14.2. The van der Waals surface area contributed by atoms with Gasteiger partial charge in [-0.25, -0.2) is 13.1 Å². The summed E-state index contributed by atoms with van der Waals surface area (Å²) >= 11 is 0. The maximum absolute atomic E-state index is 13.1. The molecule has 1 N–H and O–H groups in total. The summed E-state index contributed by atoms with van der Waals surface area (Å²) in [5.74, 6) is -1.36. The number of carbonyl (C=O) groups excluding carboxylic acids is 1. The van der Waals surface area contributed by atoms with Crippen LogP contribution >= 0.6 is 0 Å².